The molecule has 108 valence electrons. The molecule has 9 heteroatoms. The lowest BCUT2D eigenvalue weighted by molar-refractivity contribution is -0.375. The van der Waals surface area contributed by atoms with E-state index in [4.69, 9.17) is 10.2 Å². The summed E-state index contributed by atoms with van der Waals surface area (Å²) in [6.45, 7) is 1.85. The van der Waals surface area contributed by atoms with Gasteiger partial charge in [-0.2, -0.15) is 26.3 Å². The van der Waals surface area contributed by atoms with E-state index in [0.717, 1.165) is 13.8 Å². The Labute approximate surface area is 98.4 Å². The van der Waals surface area contributed by atoms with Crippen molar-refractivity contribution in [1.82, 2.24) is 0 Å². The largest absolute Gasteiger partial charge is 0.481 e. The highest BCUT2D eigenvalue weighted by molar-refractivity contribution is 5.74. The Bertz CT molecular complexity index is 307. The minimum Gasteiger partial charge on any atom is -0.481 e. The zero-order chi connectivity index (χ0) is 15.0. The highest BCUT2D eigenvalue weighted by atomic mass is 19.4. The van der Waals surface area contributed by atoms with Crippen molar-refractivity contribution in [2.45, 2.75) is 44.6 Å². The van der Waals surface area contributed by atoms with Gasteiger partial charge in [0.1, 0.15) is 0 Å². The summed E-state index contributed by atoms with van der Waals surface area (Å²) in [5.41, 5.74) is -7.37. The van der Waals surface area contributed by atoms with Gasteiger partial charge in [-0.05, 0) is 13.3 Å². The van der Waals surface area contributed by atoms with Crippen LogP contribution in [0.15, 0.2) is 0 Å². The van der Waals surface area contributed by atoms with Gasteiger partial charge in [0.25, 0.3) is 5.60 Å². The quantitative estimate of drug-likeness (QED) is 0.779. The minimum absolute atomic E-state index is 0.489. The molecule has 1 unspecified atom stereocenters. The Balaban J connectivity index is 5.62. The third kappa shape index (κ3) is 2.88. The Kier molecular flexibility index (Phi) is 4.34. The number of carboxylic acid groups (broad SMARTS) is 1. The molecule has 18 heavy (non-hydrogen) atoms. The number of halogens is 6. The molecule has 0 fully saturated rings. The van der Waals surface area contributed by atoms with E-state index in [1.54, 1.807) is 0 Å². The highest BCUT2D eigenvalue weighted by Gasteiger charge is 2.72. The van der Waals surface area contributed by atoms with Crippen molar-refractivity contribution >= 4 is 5.97 Å². The maximum absolute atomic E-state index is 12.4. The van der Waals surface area contributed by atoms with Gasteiger partial charge < -0.3 is 10.2 Å². The molecular formula is C9H12F6O3. The molecule has 0 bridgehead atoms. The zero-order valence-corrected chi connectivity index (χ0v) is 9.48. The first kappa shape index (κ1) is 17.0. The van der Waals surface area contributed by atoms with Crippen LogP contribution in [0, 0.1) is 5.41 Å². The van der Waals surface area contributed by atoms with Crippen molar-refractivity contribution in [1.29, 1.82) is 0 Å². The van der Waals surface area contributed by atoms with Gasteiger partial charge in [0, 0.05) is 6.42 Å². The highest BCUT2D eigenvalue weighted by Crippen LogP contribution is 2.49. The van der Waals surface area contributed by atoms with Gasteiger partial charge in [-0.15, -0.1) is 0 Å². The lowest BCUT2D eigenvalue weighted by Crippen LogP contribution is -2.59. The second-order valence-corrected chi connectivity index (χ2v) is 4.25. The van der Waals surface area contributed by atoms with E-state index in [2.05, 4.69) is 0 Å². The van der Waals surface area contributed by atoms with Crippen LogP contribution < -0.4 is 0 Å². The van der Waals surface area contributed by atoms with E-state index in [0.29, 0.717) is 0 Å². The standard InChI is InChI=1S/C9H12F6O3/c1-3-6(2,5(16)17)4-7(18,8(10,11)12)9(13,14)15/h18H,3-4H2,1-2H3,(H,16,17). The summed E-state index contributed by atoms with van der Waals surface area (Å²) in [4.78, 5) is 10.7. The van der Waals surface area contributed by atoms with E-state index in [9.17, 15) is 31.1 Å². The molecule has 3 nitrogen and oxygen atoms in total. The number of hydrogen-bond acceptors (Lipinski definition) is 2. The Morgan fingerprint density at radius 2 is 1.39 bits per heavy atom. The summed E-state index contributed by atoms with van der Waals surface area (Å²) in [5, 5.41) is 17.6. The Morgan fingerprint density at radius 3 is 1.56 bits per heavy atom. The van der Waals surface area contributed by atoms with Crippen LogP contribution in [0.2, 0.25) is 0 Å². The molecule has 0 rings (SSSR count). The van der Waals surface area contributed by atoms with Gasteiger partial charge in [0.15, 0.2) is 0 Å². The predicted octanol–water partition coefficient (Wildman–Crippen LogP) is 2.73. The fraction of sp³-hybridized carbons (Fsp3) is 0.889. The molecule has 2 N–H and O–H groups in total. The van der Waals surface area contributed by atoms with E-state index in [1.165, 1.54) is 0 Å². The predicted molar refractivity (Wildman–Crippen MR) is 47.7 cm³/mol. The average molecular weight is 282 g/mol. The van der Waals surface area contributed by atoms with Crippen molar-refractivity contribution in [2.75, 3.05) is 0 Å². The van der Waals surface area contributed by atoms with Crippen molar-refractivity contribution in [3.8, 4) is 0 Å². The van der Waals surface area contributed by atoms with E-state index < -0.39 is 42.2 Å². The molecule has 0 aromatic rings. The monoisotopic (exact) mass is 282 g/mol. The van der Waals surface area contributed by atoms with Crippen molar-refractivity contribution in [3.63, 3.8) is 0 Å². The normalized spacial score (nSPS) is 17.4. The Morgan fingerprint density at radius 1 is 1.06 bits per heavy atom. The summed E-state index contributed by atoms with van der Waals surface area (Å²) in [7, 11) is 0. The number of alkyl halides is 6. The van der Waals surface area contributed by atoms with Crippen LogP contribution in [-0.2, 0) is 4.79 Å². The summed E-state index contributed by atoms with van der Waals surface area (Å²) in [6.07, 6.45) is -14.5. The molecule has 0 saturated carbocycles. The van der Waals surface area contributed by atoms with Crippen LogP contribution in [0.5, 0.6) is 0 Å². The maximum Gasteiger partial charge on any atom is 0.426 e. The number of hydrogen-bond donors (Lipinski definition) is 2. The molecule has 0 aliphatic heterocycles. The third-order valence-corrected chi connectivity index (χ3v) is 2.88. The number of rotatable bonds is 4. The molecule has 0 aromatic heterocycles. The second kappa shape index (κ2) is 4.60. The number of aliphatic carboxylic acids is 1. The number of carboxylic acids is 1. The number of aliphatic hydroxyl groups is 1. The summed E-state index contributed by atoms with van der Waals surface area (Å²) < 4.78 is 74.2. The van der Waals surface area contributed by atoms with Crippen LogP contribution in [0.3, 0.4) is 0 Å². The molecule has 0 spiro atoms. The molecule has 0 saturated heterocycles. The van der Waals surface area contributed by atoms with Gasteiger partial charge in [-0.3, -0.25) is 4.79 Å². The molecule has 1 atom stereocenters. The second-order valence-electron chi connectivity index (χ2n) is 4.25. The summed E-state index contributed by atoms with van der Waals surface area (Å²) in [6, 6.07) is 0. The fourth-order valence-electron chi connectivity index (χ4n) is 1.28. The molecular weight excluding hydrogens is 270 g/mol. The van der Waals surface area contributed by atoms with E-state index in [1.807, 2.05) is 0 Å². The molecule has 0 aliphatic rings. The summed E-state index contributed by atoms with van der Waals surface area (Å²) >= 11 is 0. The van der Waals surface area contributed by atoms with E-state index >= 15 is 0 Å². The molecule has 0 aromatic carbocycles. The lowest BCUT2D eigenvalue weighted by atomic mass is 9.76. The molecule has 0 aliphatic carbocycles. The maximum atomic E-state index is 12.4. The van der Waals surface area contributed by atoms with Crippen LogP contribution in [0.25, 0.3) is 0 Å². The van der Waals surface area contributed by atoms with E-state index in [-0.39, 0.29) is 0 Å². The van der Waals surface area contributed by atoms with Gasteiger partial charge >= 0.3 is 18.3 Å². The van der Waals surface area contributed by atoms with Crippen molar-refractivity contribution < 1.29 is 41.4 Å². The Hall–Kier alpha value is -0.990. The van der Waals surface area contributed by atoms with Gasteiger partial charge in [0.2, 0.25) is 0 Å². The van der Waals surface area contributed by atoms with Gasteiger partial charge in [0.05, 0.1) is 5.41 Å². The molecule has 0 amide bonds. The first-order valence-corrected chi connectivity index (χ1v) is 4.80. The van der Waals surface area contributed by atoms with Gasteiger partial charge in [-0.1, -0.05) is 6.92 Å². The molecule has 0 radical (unpaired) electrons. The van der Waals surface area contributed by atoms with Crippen LogP contribution in [-0.4, -0.2) is 34.1 Å². The first-order valence-electron chi connectivity index (χ1n) is 4.80. The third-order valence-electron chi connectivity index (χ3n) is 2.88. The van der Waals surface area contributed by atoms with Crippen LogP contribution in [0.4, 0.5) is 26.3 Å². The SMILES string of the molecule is CCC(C)(CC(O)(C(F)(F)F)C(F)(F)F)C(=O)O. The smallest absolute Gasteiger partial charge is 0.426 e. The zero-order valence-electron chi connectivity index (χ0n) is 9.48. The summed E-state index contributed by atoms with van der Waals surface area (Å²) in [5.74, 6) is -1.84. The van der Waals surface area contributed by atoms with Crippen LogP contribution >= 0.6 is 0 Å². The van der Waals surface area contributed by atoms with Crippen LogP contribution in [0.1, 0.15) is 26.7 Å². The topological polar surface area (TPSA) is 57.5 Å². The first-order chi connectivity index (χ1) is 7.71. The number of carbonyl (C=O) groups is 1. The molecule has 0 heterocycles. The minimum atomic E-state index is -6.00. The van der Waals surface area contributed by atoms with Crippen molar-refractivity contribution in [3.05, 3.63) is 0 Å². The van der Waals surface area contributed by atoms with Gasteiger partial charge in [-0.25, -0.2) is 0 Å². The average Bonchev–Trinajstić information content (AvgIpc) is 2.13. The lowest BCUT2D eigenvalue weighted by Gasteiger charge is -2.37. The fourth-order valence-corrected chi connectivity index (χ4v) is 1.28. The van der Waals surface area contributed by atoms with Crippen molar-refractivity contribution in [2.24, 2.45) is 5.41 Å².